The Labute approximate surface area is 108 Å². The van der Waals surface area contributed by atoms with Crippen molar-refractivity contribution in [3.63, 3.8) is 0 Å². The van der Waals surface area contributed by atoms with Crippen molar-refractivity contribution in [2.45, 2.75) is 26.2 Å². The molecule has 0 bridgehead atoms. The summed E-state index contributed by atoms with van der Waals surface area (Å²) in [6, 6.07) is 5.34. The average Bonchev–Trinajstić information content (AvgIpc) is 2.35. The van der Waals surface area contributed by atoms with E-state index in [0.29, 0.717) is 24.5 Å². The molecule has 2 rings (SSSR count). The molecule has 1 fully saturated rings. The van der Waals surface area contributed by atoms with E-state index >= 15 is 0 Å². The van der Waals surface area contributed by atoms with E-state index in [1.165, 1.54) is 4.31 Å². The van der Waals surface area contributed by atoms with Crippen LogP contribution in [0.1, 0.15) is 24.8 Å². The SMILES string of the molecule is Cc1cccc(N)c1NS(=O)(=O)N1CCCCC1. The lowest BCUT2D eigenvalue weighted by molar-refractivity contribution is 0.349. The molecule has 1 aromatic carbocycles. The number of nitrogens with zero attached hydrogens (tertiary/aromatic N) is 1. The predicted molar refractivity (Wildman–Crippen MR) is 73.6 cm³/mol. The van der Waals surface area contributed by atoms with Gasteiger partial charge in [-0.1, -0.05) is 18.6 Å². The van der Waals surface area contributed by atoms with E-state index in [9.17, 15) is 8.42 Å². The summed E-state index contributed by atoms with van der Waals surface area (Å²) in [6.07, 6.45) is 2.94. The van der Waals surface area contributed by atoms with Gasteiger partial charge in [0.2, 0.25) is 0 Å². The van der Waals surface area contributed by atoms with Gasteiger partial charge in [-0.2, -0.15) is 12.7 Å². The Morgan fingerprint density at radius 2 is 1.89 bits per heavy atom. The lowest BCUT2D eigenvalue weighted by Crippen LogP contribution is -2.39. The fourth-order valence-electron chi connectivity index (χ4n) is 2.13. The number of hydrogen-bond acceptors (Lipinski definition) is 3. The zero-order valence-electron chi connectivity index (χ0n) is 10.5. The second-order valence-corrected chi connectivity index (χ2v) is 6.28. The fourth-order valence-corrected chi connectivity index (χ4v) is 3.53. The van der Waals surface area contributed by atoms with E-state index in [1.54, 1.807) is 6.07 Å². The van der Waals surface area contributed by atoms with Crippen molar-refractivity contribution in [2.24, 2.45) is 0 Å². The van der Waals surface area contributed by atoms with Crippen LogP contribution in [0.15, 0.2) is 18.2 Å². The monoisotopic (exact) mass is 269 g/mol. The van der Waals surface area contributed by atoms with Gasteiger partial charge in [-0.3, -0.25) is 4.72 Å². The summed E-state index contributed by atoms with van der Waals surface area (Å²) in [5, 5.41) is 0. The van der Waals surface area contributed by atoms with Gasteiger partial charge in [0.15, 0.2) is 0 Å². The smallest absolute Gasteiger partial charge is 0.301 e. The van der Waals surface area contributed by atoms with Gasteiger partial charge in [-0.15, -0.1) is 0 Å². The second kappa shape index (κ2) is 5.16. The van der Waals surface area contributed by atoms with Crippen molar-refractivity contribution >= 4 is 21.6 Å². The summed E-state index contributed by atoms with van der Waals surface area (Å²) in [6.45, 7) is 3.01. The van der Waals surface area contributed by atoms with Crippen molar-refractivity contribution < 1.29 is 8.42 Å². The van der Waals surface area contributed by atoms with Crippen LogP contribution in [0.25, 0.3) is 0 Å². The standard InChI is InChI=1S/C12H19N3O2S/c1-10-6-5-7-11(13)12(10)14-18(16,17)15-8-3-2-4-9-15/h5-7,14H,2-4,8-9,13H2,1H3. The first-order valence-corrected chi connectivity index (χ1v) is 7.58. The molecule has 0 spiro atoms. The van der Waals surface area contributed by atoms with Gasteiger partial charge in [0.25, 0.3) is 0 Å². The van der Waals surface area contributed by atoms with Gasteiger partial charge in [-0.05, 0) is 31.4 Å². The molecule has 0 saturated carbocycles. The maximum absolute atomic E-state index is 12.2. The molecule has 0 atom stereocenters. The highest BCUT2D eigenvalue weighted by Crippen LogP contribution is 2.25. The molecule has 0 amide bonds. The number of nitrogen functional groups attached to an aromatic ring is 1. The van der Waals surface area contributed by atoms with E-state index in [2.05, 4.69) is 4.72 Å². The number of hydrogen-bond donors (Lipinski definition) is 2. The lowest BCUT2D eigenvalue weighted by atomic mass is 10.2. The van der Waals surface area contributed by atoms with Gasteiger partial charge in [0, 0.05) is 13.1 Å². The zero-order valence-corrected chi connectivity index (χ0v) is 11.3. The molecular formula is C12H19N3O2S. The minimum absolute atomic E-state index is 0.454. The van der Waals surface area contributed by atoms with Crippen LogP contribution in [0, 0.1) is 6.92 Å². The van der Waals surface area contributed by atoms with Gasteiger partial charge in [0.1, 0.15) is 0 Å². The van der Waals surface area contributed by atoms with Gasteiger partial charge in [0.05, 0.1) is 11.4 Å². The topological polar surface area (TPSA) is 75.4 Å². The van der Waals surface area contributed by atoms with Crippen LogP contribution in [0.5, 0.6) is 0 Å². The number of anilines is 2. The molecule has 1 aliphatic heterocycles. The minimum atomic E-state index is -3.48. The molecule has 1 heterocycles. The third-order valence-electron chi connectivity index (χ3n) is 3.19. The van der Waals surface area contributed by atoms with Crippen LogP contribution in [-0.4, -0.2) is 25.8 Å². The second-order valence-electron chi connectivity index (χ2n) is 4.61. The van der Waals surface area contributed by atoms with Crippen LogP contribution in [0.4, 0.5) is 11.4 Å². The molecule has 1 aliphatic rings. The van der Waals surface area contributed by atoms with Crippen LogP contribution in [0.2, 0.25) is 0 Å². The number of benzene rings is 1. The highest BCUT2D eigenvalue weighted by atomic mass is 32.2. The molecule has 3 N–H and O–H groups in total. The number of aryl methyl sites for hydroxylation is 1. The quantitative estimate of drug-likeness (QED) is 0.820. The molecular weight excluding hydrogens is 250 g/mol. The molecule has 100 valence electrons. The van der Waals surface area contributed by atoms with Crippen LogP contribution < -0.4 is 10.5 Å². The number of para-hydroxylation sites is 1. The first kappa shape index (κ1) is 13.2. The Morgan fingerprint density at radius 3 is 2.50 bits per heavy atom. The van der Waals surface area contributed by atoms with Gasteiger partial charge >= 0.3 is 10.2 Å². The number of nitrogens with one attached hydrogen (secondary N) is 1. The van der Waals surface area contributed by atoms with Crippen molar-refractivity contribution in [1.29, 1.82) is 0 Å². The summed E-state index contributed by atoms with van der Waals surface area (Å²) >= 11 is 0. The Balaban J connectivity index is 2.22. The average molecular weight is 269 g/mol. The fraction of sp³-hybridized carbons (Fsp3) is 0.500. The zero-order chi connectivity index (χ0) is 13.2. The van der Waals surface area contributed by atoms with Crippen LogP contribution in [0.3, 0.4) is 0 Å². The molecule has 18 heavy (non-hydrogen) atoms. The Bertz CT molecular complexity index is 502. The Hall–Kier alpha value is -1.27. The maximum atomic E-state index is 12.2. The summed E-state index contributed by atoms with van der Waals surface area (Å²) in [7, 11) is -3.48. The minimum Gasteiger partial charge on any atom is -0.397 e. The maximum Gasteiger partial charge on any atom is 0.301 e. The van der Waals surface area contributed by atoms with E-state index in [-0.39, 0.29) is 0 Å². The van der Waals surface area contributed by atoms with Crippen molar-refractivity contribution in [3.05, 3.63) is 23.8 Å². The third-order valence-corrected chi connectivity index (χ3v) is 4.70. The molecule has 5 nitrogen and oxygen atoms in total. The number of nitrogens with two attached hydrogens (primary N) is 1. The Morgan fingerprint density at radius 1 is 1.22 bits per heavy atom. The summed E-state index contributed by atoms with van der Waals surface area (Å²) in [5.74, 6) is 0. The van der Waals surface area contributed by atoms with E-state index < -0.39 is 10.2 Å². The summed E-state index contributed by atoms with van der Waals surface area (Å²) < 4.78 is 28.5. The molecule has 0 unspecified atom stereocenters. The number of rotatable bonds is 3. The van der Waals surface area contributed by atoms with Crippen molar-refractivity contribution in [2.75, 3.05) is 23.5 Å². The van der Waals surface area contributed by atoms with Crippen molar-refractivity contribution in [1.82, 2.24) is 4.31 Å². The van der Waals surface area contributed by atoms with Crippen molar-refractivity contribution in [3.8, 4) is 0 Å². The highest BCUT2D eigenvalue weighted by molar-refractivity contribution is 7.90. The van der Waals surface area contributed by atoms with Crippen LogP contribution >= 0.6 is 0 Å². The lowest BCUT2D eigenvalue weighted by Gasteiger charge is -2.26. The summed E-state index contributed by atoms with van der Waals surface area (Å²) in [5.41, 5.74) is 7.59. The van der Waals surface area contributed by atoms with E-state index in [4.69, 9.17) is 5.73 Å². The molecule has 1 aromatic rings. The van der Waals surface area contributed by atoms with Gasteiger partial charge < -0.3 is 5.73 Å². The molecule has 0 aliphatic carbocycles. The van der Waals surface area contributed by atoms with Gasteiger partial charge in [-0.25, -0.2) is 0 Å². The third kappa shape index (κ3) is 2.76. The Kier molecular flexibility index (Phi) is 3.77. The normalized spacial score (nSPS) is 17.6. The molecule has 6 heteroatoms. The van der Waals surface area contributed by atoms with E-state index in [0.717, 1.165) is 24.8 Å². The number of piperidine rings is 1. The molecule has 0 radical (unpaired) electrons. The summed E-state index contributed by atoms with van der Waals surface area (Å²) in [4.78, 5) is 0. The largest absolute Gasteiger partial charge is 0.397 e. The van der Waals surface area contributed by atoms with E-state index in [1.807, 2.05) is 19.1 Å². The molecule has 0 aromatic heterocycles. The first-order valence-electron chi connectivity index (χ1n) is 6.14. The predicted octanol–water partition coefficient (Wildman–Crippen LogP) is 1.72. The highest BCUT2D eigenvalue weighted by Gasteiger charge is 2.24. The first-order chi connectivity index (χ1) is 8.50. The van der Waals surface area contributed by atoms with Crippen LogP contribution in [-0.2, 0) is 10.2 Å². The molecule has 1 saturated heterocycles.